The van der Waals surface area contributed by atoms with E-state index < -0.39 is 18.6 Å². The SMILES string of the molecule is O=C(O)C(CO)NC(=O)C1CCN(c2ncnc3[nH]ccc23)CC12CC2. The lowest BCUT2D eigenvalue weighted by atomic mass is 9.81. The minimum absolute atomic E-state index is 0.144. The molecular weight excluding hydrogens is 338 g/mol. The van der Waals surface area contributed by atoms with Crippen LogP contribution in [0.15, 0.2) is 18.6 Å². The number of carbonyl (C=O) groups is 2. The summed E-state index contributed by atoms with van der Waals surface area (Å²) >= 11 is 0. The first-order valence-corrected chi connectivity index (χ1v) is 8.71. The second-order valence-corrected chi connectivity index (χ2v) is 7.14. The highest BCUT2D eigenvalue weighted by atomic mass is 16.4. The zero-order chi connectivity index (χ0) is 18.3. The highest BCUT2D eigenvalue weighted by Gasteiger charge is 2.55. The molecule has 2 fully saturated rings. The molecule has 1 amide bonds. The third-order valence-corrected chi connectivity index (χ3v) is 5.57. The lowest BCUT2D eigenvalue weighted by Gasteiger charge is -2.39. The smallest absolute Gasteiger partial charge is 0.328 e. The molecule has 0 bridgehead atoms. The van der Waals surface area contributed by atoms with Crippen LogP contribution in [0.2, 0.25) is 0 Å². The molecule has 1 aliphatic heterocycles. The molecule has 2 aromatic rings. The molecule has 2 unspecified atom stereocenters. The summed E-state index contributed by atoms with van der Waals surface area (Å²) in [5.41, 5.74) is 0.640. The van der Waals surface area contributed by atoms with Crippen molar-refractivity contribution in [2.75, 3.05) is 24.6 Å². The van der Waals surface area contributed by atoms with E-state index in [1.807, 2.05) is 12.3 Å². The van der Waals surface area contributed by atoms with E-state index in [1.165, 1.54) is 6.33 Å². The molecule has 2 atom stereocenters. The fourth-order valence-corrected chi connectivity index (χ4v) is 3.99. The molecule has 4 N–H and O–H groups in total. The van der Waals surface area contributed by atoms with Crippen LogP contribution in [-0.4, -0.2) is 62.8 Å². The van der Waals surface area contributed by atoms with E-state index in [1.54, 1.807) is 0 Å². The average Bonchev–Trinajstić information content (AvgIpc) is 3.20. The molecule has 138 valence electrons. The number of H-pyrrole nitrogens is 1. The Morgan fingerprint density at radius 1 is 1.42 bits per heavy atom. The van der Waals surface area contributed by atoms with E-state index in [4.69, 9.17) is 10.2 Å². The normalized spacial score (nSPS) is 22.3. The van der Waals surface area contributed by atoms with Gasteiger partial charge in [0.15, 0.2) is 0 Å². The lowest BCUT2D eigenvalue weighted by Crippen LogP contribution is -2.52. The van der Waals surface area contributed by atoms with Crippen LogP contribution in [0.1, 0.15) is 19.3 Å². The monoisotopic (exact) mass is 359 g/mol. The number of rotatable bonds is 5. The van der Waals surface area contributed by atoms with Crippen LogP contribution in [0.25, 0.3) is 11.0 Å². The van der Waals surface area contributed by atoms with Crippen molar-refractivity contribution in [3.63, 3.8) is 0 Å². The van der Waals surface area contributed by atoms with Crippen molar-refractivity contribution in [1.29, 1.82) is 0 Å². The maximum Gasteiger partial charge on any atom is 0.328 e. The maximum absolute atomic E-state index is 12.6. The van der Waals surface area contributed by atoms with Gasteiger partial charge in [-0.15, -0.1) is 0 Å². The molecule has 1 saturated carbocycles. The summed E-state index contributed by atoms with van der Waals surface area (Å²) in [6, 6.07) is 0.694. The highest BCUT2D eigenvalue weighted by Crippen LogP contribution is 2.56. The van der Waals surface area contributed by atoms with Gasteiger partial charge in [0.1, 0.15) is 23.8 Å². The third-order valence-electron chi connectivity index (χ3n) is 5.57. The number of fused-ring (bicyclic) bond motifs is 1. The Balaban J connectivity index is 1.51. The minimum Gasteiger partial charge on any atom is -0.480 e. The van der Waals surface area contributed by atoms with Crippen LogP contribution < -0.4 is 10.2 Å². The van der Waals surface area contributed by atoms with Crippen LogP contribution in [0.4, 0.5) is 5.82 Å². The Morgan fingerprint density at radius 3 is 2.92 bits per heavy atom. The van der Waals surface area contributed by atoms with Crippen LogP contribution >= 0.6 is 0 Å². The number of carboxylic acids is 1. The predicted octanol–water partition coefficient (Wildman–Crippen LogP) is 0.126. The number of nitrogens with one attached hydrogen (secondary N) is 2. The number of aromatic amines is 1. The van der Waals surface area contributed by atoms with E-state index in [0.29, 0.717) is 19.5 Å². The van der Waals surface area contributed by atoms with Crippen LogP contribution in [0.3, 0.4) is 0 Å². The van der Waals surface area contributed by atoms with Crippen molar-refractivity contribution in [1.82, 2.24) is 20.3 Å². The standard InChI is InChI=1S/C17H21N5O4/c23-7-12(16(25)26)21-15(24)11-2-6-22(8-17(11)3-4-17)14-10-1-5-18-13(10)19-9-20-14/h1,5,9,11-12,23H,2-4,6-8H2,(H,21,24)(H,25,26)(H,18,19,20). The van der Waals surface area contributed by atoms with E-state index in [2.05, 4.69) is 25.2 Å². The summed E-state index contributed by atoms with van der Waals surface area (Å²) in [4.78, 5) is 37.6. The number of aliphatic carboxylic acids is 1. The topological polar surface area (TPSA) is 131 Å². The number of amides is 1. The Hall–Kier alpha value is -2.68. The van der Waals surface area contributed by atoms with Gasteiger partial charge in [0.25, 0.3) is 0 Å². The average molecular weight is 359 g/mol. The number of hydrogen-bond acceptors (Lipinski definition) is 6. The molecule has 4 rings (SSSR count). The van der Waals surface area contributed by atoms with Crippen molar-refractivity contribution < 1.29 is 19.8 Å². The fourth-order valence-electron chi connectivity index (χ4n) is 3.99. The number of aliphatic hydroxyl groups excluding tert-OH is 1. The molecule has 0 radical (unpaired) electrons. The molecule has 1 saturated heterocycles. The molecule has 3 heterocycles. The van der Waals surface area contributed by atoms with E-state index >= 15 is 0 Å². The van der Waals surface area contributed by atoms with Crippen molar-refractivity contribution in [3.8, 4) is 0 Å². The van der Waals surface area contributed by atoms with Gasteiger partial charge in [-0.3, -0.25) is 4.79 Å². The third kappa shape index (κ3) is 2.78. The van der Waals surface area contributed by atoms with Gasteiger partial charge in [-0.2, -0.15) is 0 Å². The number of hydrogen-bond donors (Lipinski definition) is 4. The highest BCUT2D eigenvalue weighted by molar-refractivity contribution is 5.88. The van der Waals surface area contributed by atoms with Crippen LogP contribution in [-0.2, 0) is 9.59 Å². The summed E-state index contributed by atoms with van der Waals surface area (Å²) < 4.78 is 0. The number of carbonyl (C=O) groups excluding carboxylic acids is 1. The second-order valence-electron chi connectivity index (χ2n) is 7.14. The summed E-state index contributed by atoms with van der Waals surface area (Å²) in [5, 5.41) is 21.6. The van der Waals surface area contributed by atoms with Gasteiger partial charge in [-0.25, -0.2) is 14.8 Å². The summed E-state index contributed by atoms with van der Waals surface area (Å²) in [7, 11) is 0. The zero-order valence-corrected chi connectivity index (χ0v) is 14.2. The number of anilines is 1. The van der Waals surface area contributed by atoms with Crippen molar-refractivity contribution in [2.24, 2.45) is 11.3 Å². The first kappa shape index (κ1) is 16.8. The van der Waals surface area contributed by atoms with Gasteiger partial charge in [0.05, 0.1) is 12.0 Å². The van der Waals surface area contributed by atoms with Crippen molar-refractivity contribution in [2.45, 2.75) is 25.3 Å². The Labute approximate surface area is 149 Å². The first-order valence-electron chi connectivity index (χ1n) is 8.71. The van der Waals surface area contributed by atoms with E-state index in [-0.39, 0.29) is 17.2 Å². The van der Waals surface area contributed by atoms with Gasteiger partial charge in [0, 0.05) is 25.2 Å². The lowest BCUT2D eigenvalue weighted by molar-refractivity contribution is -0.144. The van der Waals surface area contributed by atoms with Gasteiger partial charge in [-0.05, 0) is 30.7 Å². The maximum atomic E-state index is 12.6. The molecule has 26 heavy (non-hydrogen) atoms. The van der Waals surface area contributed by atoms with Crippen LogP contribution in [0, 0.1) is 11.3 Å². The number of aromatic nitrogens is 3. The number of nitrogens with zero attached hydrogens (tertiary/aromatic N) is 3. The Morgan fingerprint density at radius 2 is 2.23 bits per heavy atom. The largest absolute Gasteiger partial charge is 0.480 e. The summed E-state index contributed by atoms with van der Waals surface area (Å²) in [6.07, 6.45) is 5.85. The summed E-state index contributed by atoms with van der Waals surface area (Å²) in [5.74, 6) is -0.882. The number of aliphatic hydroxyl groups is 1. The van der Waals surface area contributed by atoms with Gasteiger partial charge in [-0.1, -0.05) is 0 Å². The number of carboxylic acid groups (broad SMARTS) is 1. The predicted molar refractivity (Wildman–Crippen MR) is 92.5 cm³/mol. The first-order chi connectivity index (χ1) is 12.5. The zero-order valence-electron chi connectivity index (χ0n) is 14.2. The molecule has 9 nitrogen and oxygen atoms in total. The minimum atomic E-state index is -1.25. The molecule has 9 heteroatoms. The Bertz CT molecular complexity index is 847. The van der Waals surface area contributed by atoms with Crippen molar-refractivity contribution >= 4 is 28.7 Å². The van der Waals surface area contributed by atoms with Crippen molar-refractivity contribution in [3.05, 3.63) is 18.6 Å². The quantitative estimate of drug-likeness (QED) is 0.596. The Kier molecular flexibility index (Phi) is 4.03. The molecule has 2 aromatic heterocycles. The van der Waals surface area contributed by atoms with Gasteiger partial charge >= 0.3 is 5.97 Å². The van der Waals surface area contributed by atoms with E-state index in [0.717, 1.165) is 29.7 Å². The molecule has 1 spiro atoms. The molecular formula is C17H21N5O4. The van der Waals surface area contributed by atoms with Crippen LogP contribution in [0.5, 0.6) is 0 Å². The molecule has 2 aliphatic rings. The fraction of sp³-hybridized carbons (Fsp3) is 0.529. The number of piperidine rings is 1. The summed E-state index contributed by atoms with van der Waals surface area (Å²) in [6.45, 7) is 0.757. The van der Waals surface area contributed by atoms with E-state index in [9.17, 15) is 9.59 Å². The second kappa shape index (κ2) is 6.24. The van der Waals surface area contributed by atoms with Gasteiger partial charge in [0.2, 0.25) is 5.91 Å². The van der Waals surface area contributed by atoms with Gasteiger partial charge < -0.3 is 25.4 Å². The molecule has 1 aliphatic carbocycles. The molecule has 0 aromatic carbocycles.